The van der Waals surface area contributed by atoms with Crippen molar-refractivity contribution in [2.24, 2.45) is 0 Å². The van der Waals surface area contributed by atoms with Crippen molar-refractivity contribution in [2.45, 2.75) is 4.90 Å². The molecule has 0 saturated carbocycles. The summed E-state index contributed by atoms with van der Waals surface area (Å²) in [7, 11) is 1.84. The molecule has 4 aromatic rings. The molecule has 7 nitrogen and oxygen atoms in total. The van der Waals surface area contributed by atoms with E-state index < -0.39 is 0 Å². The number of thioether (sulfide) groups is 1. The molecule has 2 aromatic carbocycles. The Balaban J connectivity index is 1.76. The number of carbonyl (C=O) groups excluding carboxylic acids is 1. The fourth-order valence-electron chi connectivity index (χ4n) is 3.30. The van der Waals surface area contributed by atoms with Crippen molar-refractivity contribution < 1.29 is 4.79 Å². The Morgan fingerprint density at radius 1 is 1.03 bits per heavy atom. The van der Waals surface area contributed by atoms with Crippen LogP contribution in [0.5, 0.6) is 0 Å². The molecule has 0 fully saturated rings. The molecular formula is C24H23BrN6OS. The third-order valence-electron chi connectivity index (χ3n) is 4.93. The summed E-state index contributed by atoms with van der Waals surface area (Å²) in [6.45, 7) is 1.15. The molecule has 2 heterocycles. The Bertz CT molecular complexity index is 1300. The van der Waals surface area contributed by atoms with Gasteiger partial charge in [0.05, 0.1) is 0 Å². The molecule has 168 valence electrons. The molecule has 0 bridgehead atoms. The molecule has 2 aromatic heterocycles. The van der Waals surface area contributed by atoms with Gasteiger partial charge in [-0.1, -0.05) is 40.2 Å². The third kappa shape index (κ3) is 5.50. The largest absolute Gasteiger partial charge is 0.349 e. The van der Waals surface area contributed by atoms with E-state index >= 15 is 0 Å². The second kappa shape index (κ2) is 10.7. The SMILES string of the molecule is CNCCNC(=O)c1nc2nc(Nc3cccc(SC)c3)ncc2cc1-c1ccccc1Br. The molecule has 0 aliphatic heterocycles. The van der Waals surface area contributed by atoms with Gasteiger partial charge < -0.3 is 16.0 Å². The maximum absolute atomic E-state index is 13.0. The Morgan fingerprint density at radius 3 is 2.67 bits per heavy atom. The van der Waals surface area contributed by atoms with Crippen LogP contribution < -0.4 is 16.0 Å². The highest BCUT2D eigenvalue weighted by molar-refractivity contribution is 9.10. The van der Waals surface area contributed by atoms with Gasteiger partial charge in [-0.05, 0) is 49.2 Å². The maximum atomic E-state index is 13.0. The van der Waals surface area contributed by atoms with Crippen LogP contribution in [0.1, 0.15) is 10.5 Å². The van der Waals surface area contributed by atoms with Crippen molar-refractivity contribution in [1.29, 1.82) is 0 Å². The number of aromatic nitrogens is 3. The second-order valence-electron chi connectivity index (χ2n) is 7.19. The molecule has 9 heteroatoms. The van der Waals surface area contributed by atoms with Gasteiger partial charge in [0.2, 0.25) is 5.95 Å². The van der Waals surface area contributed by atoms with Crippen LogP contribution in [-0.4, -0.2) is 47.3 Å². The van der Waals surface area contributed by atoms with Crippen LogP contribution in [0.3, 0.4) is 0 Å². The number of pyridine rings is 1. The average Bonchev–Trinajstić information content (AvgIpc) is 2.84. The lowest BCUT2D eigenvalue weighted by Gasteiger charge is -2.13. The summed E-state index contributed by atoms with van der Waals surface area (Å²) in [4.78, 5) is 27.9. The molecule has 0 radical (unpaired) electrons. The zero-order chi connectivity index (χ0) is 23.2. The van der Waals surface area contributed by atoms with Gasteiger partial charge >= 0.3 is 0 Å². The van der Waals surface area contributed by atoms with E-state index in [9.17, 15) is 4.79 Å². The molecule has 33 heavy (non-hydrogen) atoms. The quantitative estimate of drug-likeness (QED) is 0.224. The van der Waals surface area contributed by atoms with Gasteiger partial charge in [0.1, 0.15) is 5.69 Å². The molecule has 0 unspecified atom stereocenters. The van der Waals surface area contributed by atoms with Crippen molar-refractivity contribution in [3.8, 4) is 11.1 Å². The van der Waals surface area contributed by atoms with Gasteiger partial charge in [0.15, 0.2) is 5.65 Å². The van der Waals surface area contributed by atoms with Crippen LogP contribution in [0, 0.1) is 0 Å². The standard InChI is InChI=1S/C24H23BrN6OS/c1-26-10-11-27-23(32)21-19(18-8-3-4-9-20(18)25)12-15-14-28-24(31-22(15)30-21)29-16-6-5-7-17(13-16)33-2/h3-9,12-14,26H,10-11H2,1-2H3,(H,27,32)(H,28,29,30,31). The fourth-order valence-corrected chi connectivity index (χ4v) is 4.25. The zero-order valence-electron chi connectivity index (χ0n) is 18.2. The number of anilines is 2. The third-order valence-corrected chi connectivity index (χ3v) is 6.35. The van der Waals surface area contributed by atoms with Crippen molar-refractivity contribution >= 4 is 56.3 Å². The first-order valence-electron chi connectivity index (χ1n) is 10.4. The van der Waals surface area contributed by atoms with Crippen molar-refractivity contribution in [3.63, 3.8) is 0 Å². The van der Waals surface area contributed by atoms with E-state index in [1.807, 2.05) is 67.9 Å². The number of hydrogen-bond donors (Lipinski definition) is 3. The molecule has 1 amide bonds. The van der Waals surface area contributed by atoms with Gasteiger partial charge in [-0.15, -0.1) is 11.8 Å². The molecule has 0 saturated heterocycles. The van der Waals surface area contributed by atoms with Crippen LogP contribution in [0.4, 0.5) is 11.6 Å². The predicted molar refractivity (Wildman–Crippen MR) is 138 cm³/mol. The Labute approximate surface area is 205 Å². The van der Waals surface area contributed by atoms with E-state index in [-0.39, 0.29) is 5.91 Å². The zero-order valence-corrected chi connectivity index (χ0v) is 20.6. The Morgan fingerprint density at radius 2 is 1.88 bits per heavy atom. The number of hydrogen-bond acceptors (Lipinski definition) is 7. The normalized spacial score (nSPS) is 10.9. The number of nitrogens with one attached hydrogen (secondary N) is 3. The first-order valence-corrected chi connectivity index (χ1v) is 12.4. The molecular weight excluding hydrogens is 500 g/mol. The fraction of sp³-hybridized carbons (Fsp3) is 0.167. The second-order valence-corrected chi connectivity index (χ2v) is 8.92. The van der Waals surface area contributed by atoms with Crippen molar-refractivity contribution in [1.82, 2.24) is 25.6 Å². The number of nitrogens with zero attached hydrogens (tertiary/aromatic N) is 3. The highest BCUT2D eigenvalue weighted by Crippen LogP contribution is 2.32. The lowest BCUT2D eigenvalue weighted by molar-refractivity contribution is 0.0950. The van der Waals surface area contributed by atoms with Crippen LogP contribution in [0.15, 0.2) is 70.2 Å². The monoisotopic (exact) mass is 522 g/mol. The highest BCUT2D eigenvalue weighted by Gasteiger charge is 2.18. The molecule has 0 aliphatic rings. The molecule has 0 atom stereocenters. The summed E-state index contributed by atoms with van der Waals surface area (Å²) in [6, 6.07) is 17.7. The number of likely N-dealkylation sites (N-methyl/N-ethyl adjacent to an activating group) is 1. The van der Waals surface area contributed by atoms with E-state index in [0.717, 1.165) is 26.0 Å². The molecule has 0 aliphatic carbocycles. The summed E-state index contributed by atoms with van der Waals surface area (Å²) in [5.41, 5.74) is 3.24. The number of fused-ring (bicyclic) bond motifs is 1. The van der Waals surface area contributed by atoms with Crippen LogP contribution in [0.25, 0.3) is 22.2 Å². The Kier molecular flexibility index (Phi) is 7.54. The van der Waals surface area contributed by atoms with E-state index in [2.05, 4.69) is 46.8 Å². The van der Waals surface area contributed by atoms with E-state index in [1.54, 1.807) is 18.0 Å². The van der Waals surface area contributed by atoms with Gasteiger partial charge in [-0.2, -0.15) is 4.98 Å². The van der Waals surface area contributed by atoms with Crippen LogP contribution >= 0.6 is 27.7 Å². The number of rotatable bonds is 8. The highest BCUT2D eigenvalue weighted by atomic mass is 79.9. The predicted octanol–water partition coefficient (Wildman–Crippen LogP) is 4.87. The van der Waals surface area contributed by atoms with Gasteiger partial charge in [-0.3, -0.25) is 4.79 Å². The molecule has 0 spiro atoms. The number of benzene rings is 2. The number of amides is 1. The summed E-state index contributed by atoms with van der Waals surface area (Å²) < 4.78 is 0.878. The lowest BCUT2D eigenvalue weighted by atomic mass is 10.0. The lowest BCUT2D eigenvalue weighted by Crippen LogP contribution is -2.31. The molecule has 4 rings (SSSR count). The van der Waals surface area contributed by atoms with E-state index in [4.69, 9.17) is 0 Å². The van der Waals surface area contributed by atoms with Gasteiger partial charge in [-0.25, -0.2) is 9.97 Å². The van der Waals surface area contributed by atoms with Crippen molar-refractivity contribution in [2.75, 3.05) is 31.7 Å². The summed E-state index contributed by atoms with van der Waals surface area (Å²) in [6.07, 6.45) is 3.75. The minimum absolute atomic E-state index is 0.251. The summed E-state index contributed by atoms with van der Waals surface area (Å²) in [5, 5.41) is 9.92. The van der Waals surface area contributed by atoms with E-state index in [1.165, 1.54) is 0 Å². The van der Waals surface area contributed by atoms with Crippen molar-refractivity contribution in [3.05, 3.63) is 71.0 Å². The van der Waals surface area contributed by atoms with Crippen LogP contribution in [-0.2, 0) is 0 Å². The smallest absolute Gasteiger partial charge is 0.270 e. The van der Waals surface area contributed by atoms with E-state index in [0.29, 0.717) is 35.9 Å². The average molecular weight is 523 g/mol. The van der Waals surface area contributed by atoms with Crippen LogP contribution in [0.2, 0.25) is 0 Å². The summed E-state index contributed by atoms with van der Waals surface area (Å²) >= 11 is 5.26. The molecule has 3 N–H and O–H groups in total. The number of carbonyl (C=O) groups is 1. The minimum Gasteiger partial charge on any atom is -0.349 e. The summed E-state index contributed by atoms with van der Waals surface area (Å²) in [5.74, 6) is 0.169. The van der Waals surface area contributed by atoms with Gasteiger partial charge in [0.25, 0.3) is 5.91 Å². The Hall–Kier alpha value is -3.01. The maximum Gasteiger partial charge on any atom is 0.270 e. The number of halogens is 1. The topological polar surface area (TPSA) is 91.8 Å². The minimum atomic E-state index is -0.251. The first-order chi connectivity index (χ1) is 16.1. The van der Waals surface area contributed by atoms with Gasteiger partial charge in [0, 0.05) is 45.3 Å². The first kappa shape index (κ1) is 23.2.